The normalized spacial score (nSPS) is 12.7. The number of hydrogen-bond acceptors (Lipinski definition) is 1. The molecule has 2 nitrogen and oxygen atoms in total. The van der Waals surface area contributed by atoms with E-state index in [4.69, 9.17) is 0 Å². The first-order valence-electron chi connectivity index (χ1n) is 22.5. The maximum Gasteiger partial charge on any atom is 0.0713 e. The van der Waals surface area contributed by atoms with Crippen LogP contribution in [0.1, 0.15) is 22.3 Å². The van der Waals surface area contributed by atoms with Gasteiger partial charge in [-0.3, -0.25) is 0 Å². The number of benzene rings is 11. The average Bonchev–Trinajstić information content (AvgIpc) is 3.88. The van der Waals surface area contributed by atoms with Crippen LogP contribution in [0.4, 0.5) is 17.1 Å². The fourth-order valence-corrected chi connectivity index (χ4v) is 11.2. The number of aromatic nitrogens is 1. The van der Waals surface area contributed by atoms with E-state index in [1.165, 1.54) is 87.9 Å². The van der Waals surface area contributed by atoms with Crippen molar-refractivity contribution in [1.29, 1.82) is 0 Å². The Morgan fingerprint density at radius 3 is 1.57 bits per heavy atom. The van der Waals surface area contributed by atoms with E-state index in [-0.39, 0.29) is 0 Å². The summed E-state index contributed by atoms with van der Waals surface area (Å²) in [5.41, 5.74) is 16.4. The molecule has 0 radical (unpaired) electrons. The highest BCUT2D eigenvalue weighted by molar-refractivity contribution is 6.28. The lowest BCUT2D eigenvalue weighted by Crippen LogP contribution is -2.28. The number of nitrogens with zero attached hydrogens (tertiary/aromatic N) is 2. The smallest absolute Gasteiger partial charge is 0.0713 e. The Hall–Kier alpha value is -8.46. The molecule has 0 fully saturated rings. The minimum absolute atomic E-state index is 0.475. The van der Waals surface area contributed by atoms with Crippen molar-refractivity contribution in [3.63, 3.8) is 0 Å². The highest BCUT2D eigenvalue weighted by Crippen LogP contribution is 2.57. The van der Waals surface area contributed by atoms with Crippen molar-refractivity contribution in [2.24, 2.45) is 0 Å². The Morgan fingerprint density at radius 1 is 0.338 bits per heavy atom. The summed E-state index contributed by atoms with van der Waals surface area (Å²) in [6.45, 7) is 0. The van der Waals surface area contributed by atoms with Gasteiger partial charge in [-0.2, -0.15) is 0 Å². The van der Waals surface area contributed by atoms with E-state index in [0.29, 0.717) is 0 Å². The van der Waals surface area contributed by atoms with E-state index in [1.807, 2.05) is 0 Å². The fourth-order valence-electron chi connectivity index (χ4n) is 11.2. The molecule has 1 aliphatic carbocycles. The van der Waals surface area contributed by atoms with Crippen molar-refractivity contribution in [3.8, 4) is 27.9 Å². The van der Waals surface area contributed by atoms with E-state index in [2.05, 4.69) is 264 Å². The van der Waals surface area contributed by atoms with Gasteiger partial charge in [0.2, 0.25) is 0 Å². The molecule has 1 aromatic heterocycles. The molecule has 13 rings (SSSR count). The molecule has 0 saturated heterocycles. The lowest BCUT2D eigenvalue weighted by Gasteiger charge is -2.33. The predicted molar refractivity (Wildman–Crippen MR) is 273 cm³/mol. The van der Waals surface area contributed by atoms with Crippen LogP contribution in [0.15, 0.2) is 255 Å². The summed E-state index contributed by atoms with van der Waals surface area (Å²) in [6.07, 6.45) is 0. The predicted octanol–water partition coefficient (Wildman–Crippen LogP) is 16.6. The summed E-state index contributed by atoms with van der Waals surface area (Å²) in [5.74, 6) is 0. The first-order valence-corrected chi connectivity index (χ1v) is 22.5. The van der Waals surface area contributed by atoms with Gasteiger partial charge in [-0.15, -0.1) is 0 Å². The van der Waals surface area contributed by atoms with Gasteiger partial charge in [-0.25, -0.2) is 0 Å². The second-order valence-electron chi connectivity index (χ2n) is 17.2. The SMILES string of the molecule is c1ccc(N(c2ccccc2)c2ccccc2-c2cc3c(c4ccccc24)c2ccc4ccccc4c2n3-c2ccc3c(c2)-c2ccccc2C3(c2ccccc2)c2ccccc2)cc1. The summed E-state index contributed by atoms with van der Waals surface area (Å²) in [6, 6.07) is 93.8. The van der Waals surface area contributed by atoms with Gasteiger partial charge in [0.15, 0.2) is 0 Å². The average molecular weight is 827 g/mol. The molecule has 0 saturated carbocycles. The minimum atomic E-state index is -0.475. The van der Waals surface area contributed by atoms with Gasteiger partial charge in [-0.05, 0) is 104 Å². The third kappa shape index (κ3) is 5.54. The first kappa shape index (κ1) is 37.1. The maximum atomic E-state index is 2.56. The van der Waals surface area contributed by atoms with Gasteiger partial charge in [0.05, 0.1) is 22.1 Å². The van der Waals surface area contributed by atoms with Crippen molar-refractivity contribution in [2.75, 3.05) is 4.90 Å². The van der Waals surface area contributed by atoms with E-state index in [1.54, 1.807) is 0 Å². The molecule has 2 heteroatoms. The highest BCUT2D eigenvalue weighted by Gasteiger charge is 2.46. The molecular formula is C63H42N2. The Kier molecular flexibility index (Phi) is 8.47. The third-order valence-corrected chi connectivity index (χ3v) is 13.8. The van der Waals surface area contributed by atoms with Crippen LogP contribution in [-0.2, 0) is 5.41 Å². The largest absolute Gasteiger partial charge is 0.310 e. The molecule has 65 heavy (non-hydrogen) atoms. The summed E-state index contributed by atoms with van der Waals surface area (Å²) in [7, 11) is 0. The molecule has 0 N–H and O–H groups in total. The minimum Gasteiger partial charge on any atom is -0.310 e. The number of fused-ring (bicyclic) bond motifs is 10. The standard InChI is InChI=1S/C63H42N2/c1-5-22-44(23-6-1)63(45-24-7-2-8-25-45)57-35-19-17-32-51(57)56-41-48(38-40-58(56)63)65-60-42-55(50-31-15-16-34-53(50)61(60)54-39-37-43-21-13-14-30-49(43)62(54)65)52-33-18-20-36-59(52)64(46-26-9-3-10-27-46)47-28-11-4-12-29-47/h1-42H. The van der Waals surface area contributed by atoms with Gasteiger partial charge in [0.25, 0.3) is 0 Å². The Labute approximate surface area is 378 Å². The van der Waals surface area contributed by atoms with E-state index < -0.39 is 5.41 Å². The van der Waals surface area contributed by atoms with Crippen molar-refractivity contribution in [3.05, 3.63) is 277 Å². The molecule has 0 amide bonds. The molecule has 0 bridgehead atoms. The molecule has 1 heterocycles. The van der Waals surface area contributed by atoms with Gasteiger partial charge < -0.3 is 9.47 Å². The van der Waals surface area contributed by atoms with Crippen LogP contribution in [0.25, 0.3) is 71.3 Å². The zero-order chi connectivity index (χ0) is 42.9. The molecule has 12 aromatic rings. The quantitative estimate of drug-likeness (QED) is 0.155. The molecule has 0 spiro atoms. The van der Waals surface area contributed by atoms with Crippen LogP contribution in [0.3, 0.4) is 0 Å². The number of para-hydroxylation sites is 3. The lowest BCUT2D eigenvalue weighted by molar-refractivity contribution is 0.768. The second-order valence-corrected chi connectivity index (χ2v) is 17.2. The third-order valence-electron chi connectivity index (χ3n) is 13.8. The fraction of sp³-hybridized carbons (Fsp3) is 0.0159. The molecule has 1 aliphatic rings. The van der Waals surface area contributed by atoms with Crippen LogP contribution < -0.4 is 4.90 Å². The lowest BCUT2D eigenvalue weighted by atomic mass is 9.68. The zero-order valence-electron chi connectivity index (χ0n) is 35.6. The van der Waals surface area contributed by atoms with Gasteiger partial charge >= 0.3 is 0 Å². The molecule has 0 unspecified atom stereocenters. The Balaban J connectivity index is 1.13. The van der Waals surface area contributed by atoms with Crippen molar-refractivity contribution >= 4 is 60.4 Å². The van der Waals surface area contributed by atoms with Crippen LogP contribution in [0.5, 0.6) is 0 Å². The summed E-state index contributed by atoms with van der Waals surface area (Å²) in [4.78, 5) is 2.39. The van der Waals surface area contributed by atoms with Gasteiger partial charge in [0.1, 0.15) is 0 Å². The van der Waals surface area contributed by atoms with Crippen LogP contribution in [0.2, 0.25) is 0 Å². The summed E-state index contributed by atoms with van der Waals surface area (Å²) >= 11 is 0. The summed E-state index contributed by atoms with van der Waals surface area (Å²) in [5, 5.41) is 7.41. The second kappa shape index (κ2) is 14.8. The molecule has 11 aromatic carbocycles. The van der Waals surface area contributed by atoms with Crippen LogP contribution >= 0.6 is 0 Å². The first-order chi connectivity index (χ1) is 32.3. The molecule has 0 aliphatic heterocycles. The van der Waals surface area contributed by atoms with Crippen molar-refractivity contribution in [2.45, 2.75) is 5.41 Å². The van der Waals surface area contributed by atoms with E-state index in [0.717, 1.165) is 22.7 Å². The van der Waals surface area contributed by atoms with Gasteiger partial charge in [-0.1, -0.05) is 206 Å². The van der Waals surface area contributed by atoms with Crippen molar-refractivity contribution < 1.29 is 0 Å². The Morgan fingerprint density at radius 2 is 0.877 bits per heavy atom. The monoisotopic (exact) mass is 826 g/mol. The molecule has 0 atom stereocenters. The summed E-state index contributed by atoms with van der Waals surface area (Å²) < 4.78 is 2.56. The van der Waals surface area contributed by atoms with Crippen molar-refractivity contribution in [1.82, 2.24) is 4.57 Å². The number of rotatable bonds is 7. The maximum absolute atomic E-state index is 2.56. The van der Waals surface area contributed by atoms with Gasteiger partial charge in [0, 0.05) is 38.8 Å². The van der Waals surface area contributed by atoms with E-state index in [9.17, 15) is 0 Å². The van der Waals surface area contributed by atoms with Crippen LogP contribution in [0, 0.1) is 0 Å². The molecular weight excluding hydrogens is 785 g/mol. The number of anilines is 3. The Bertz CT molecular complexity index is 3680. The number of hydrogen-bond donors (Lipinski definition) is 0. The highest BCUT2D eigenvalue weighted by atomic mass is 15.1. The molecule has 304 valence electrons. The van der Waals surface area contributed by atoms with Crippen LogP contribution in [-0.4, -0.2) is 4.57 Å². The topological polar surface area (TPSA) is 8.17 Å². The zero-order valence-corrected chi connectivity index (χ0v) is 35.6. The van der Waals surface area contributed by atoms with E-state index >= 15 is 0 Å².